The number of carbonyl (C=O) groups is 2. The van der Waals surface area contributed by atoms with Crippen LogP contribution in [0.4, 0.5) is 10.5 Å². The van der Waals surface area contributed by atoms with Crippen LogP contribution < -0.4 is 11.1 Å². The molecule has 18 heavy (non-hydrogen) atoms. The molecule has 0 unspecified atom stereocenters. The summed E-state index contributed by atoms with van der Waals surface area (Å²) in [7, 11) is 0. The number of β-lactam (4-membered cyclic amide) rings is 1. The highest BCUT2D eigenvalue weighted by molar-refractivity contribution is 6.06. The number of nitrogens with one attached hydrogen (secondary N) is 1. The standard InChI is InChI=1S/C13H17N3O2/c1-13(2)8-16(11(13)17)12(18)15-10-5-3-9(7-14)4-6-10/h3-6H,7-8,14H2,1-2H3,(H,15,18). The number of amides is 3. The third-order valence-electron chi connectivity index (χ3n) is 3.06. The Labute approximate surface area is 106 Å². The van der Waals surface area contributed by atoms with Gasteiger partial charge < -0.3 is 11.1 Å². The van der Waals surface area contributed by atoms with Gasteiger partial charge in [0.15, 0.2) is 0 Å². The van der Waals surface area contributed by atoms with Crippen molar-refractivity contribution >= 4 is 17.6 Å². The highest BCUT2D eigenvalue weighted by Gasteiger charge is 2.47. The van der Waals surface area contributed by atoms with E-state index in [1.807, 2.05) is 26.0 Å². The molecule has 1 aliphatic rings. The predicted octanol–water partition coefficient (Wildman–Crippen LogP) is 1.55. The molecule has 1 aromatic carbocycles. The third kappa shape index (κ3) is 2.22. The molecule has 0 bridgehead atoms. The molecule has 0 saturated carbocycles. The van der Waals surface area contributed by atoms with E-state index in [0.717, 1.165) is 5.56 Å². The van der Waals surface area contributed by atoms with Gasteiger partial charge in [-0.2, -0.15) is 0 Å². The normalized spacial score (nSPS) is 17.3. The van der Waals surface area contributed by atoms with Gasteiger partial charge in [0, 0.05) is 18.8 Å². The van der Waals surface area contributed by atoms with Gasteiger partial charge in [-0.1, -0.05) is 12.1 Å². The summed E-state index contributed by atoms with van der Waals surface area (Å²) in [5.74, 6) is -0.140. The second-order valence-electron chi connectivity index (χ2n) is 5.11. The van der Waals surface area contributed by atoms with E-state index in [2.05, 4.69) is 5.32 Å². The summed E-state index contributed by atoms with van der Waals surface area (Å²) >= 11 is 0. The van der Waals surface area contributed by atoms with Crippen LogP contribution in [0.1, 0.15) is 19.4 Å². The molecule has 0 spiro atoms. The minimum Gasteiger partial charge on any atom is -0.326 e. The summed E-state index contributed by atoms with van der Waals surface area (Å²) in [4.78, 5) is 24.7. The molecule has 5 heteroatoms. The zero-order chi connectivity index (χ0) is 13.3. The lowest BCUT2D eigenvalue weighted by atomic mass is 9.83. The van der Waals surface area contributed by atoms with Gasteiger partial charge >= 0.3 is 6.03 Å². The van der Waals surface area contributed by atoms with Gasteiger partial charge in [-0.25, -0.2) is 4.79 Å². The molecular weight excluding hydrogens is 230 g/mol. The molecule has 1 aliphatic heterocycles. The van der Waals surface area contributed by atoms with Crippen molar-refractivity contribution in [3.63, 3.8) is 0 Å². The van der Waals surface area contributed by atoms with E-state index in [0.29, 0.717) is 18.8 Å². The van der Waals surface area contributed by atoms with Crippen LogP contribution in [0.3, 0.4) is 0 Å². The number of anilines is 1. The summed E-state index contributed by atoms with van der Waals surface area (Å²) < 4.78 is 0. The lowest BCUT2D eigenvalue weighted by Crippen LogP contribution is -2.61. The topological polar surface area (TPSA) is 75.4 Å². The second-order valence-corrected chi connectivity index (χ2v) is 5.11. The fourth-order valence-corrected chi connectivity index (χ4v) is 1.89. The number of benzene rings is 1. The van der Waals surface area contributed by atoms with E-state index < -0.39 is 5.41 Å². The molecule has 0 aromatic heterocycles. The molecule has 0 aliphatic carbocycles. The quantitative estimate of drug-likeness (QED) is 0.778. The molecule has 1 saturated heterocycles. The third-order valence-corrected chi connectivity index (χ3v) is 3.06. The molecule has 1 fully saturated rings. The maximum Gasteiger partial charge on any atom is 0.328 e. The number of rotatable bonds is 2. The van der Waals surface area contributed by atoms with E-state index in [-0.39, 0.29) is 11.9 Å². The van der Waals surface area contributed by atoms with Crippen molar-refractivity contribution in [2.75, 3.05) is 11.9 Å². The predicted molar refractivity (Wildman–Crippen MR) is 68.8 cm³/mol. The van der Waals surface area contributed by atoms with Gasteiger partial charge in [0.25, 0.3) is 0 Å². The Kier molecular flexibility index (Phi) is 3.09. The van der Waals surface area contributed by atoms with Crippen molar-refractivity contribution in [3.05, 3.63) is 29.8 Å². The van der Waals surface area contributed by atoms with Crippen LogP contribution in [0.25, 0.3) is 0 Å². The lowest BCUT2D eigenvalue weighted by Gasteiger charge is -2.42. The molecule has 3 amide bonds. The minimum atomic E-state index is -0.416. The molecule has 0 atom stereocenters. The van der Waals surface area contributed by atoms with Crippen molar-refractivity contribution in [2.24, 2.45) is 11.1 Å². The van der Waals surface area contributed by atoms with Crippen molar-refractivity contribution in [1.29, 1.82) is 0 Å². The van der Waals surface area contributed by atoms with Crippen molar-refractivity contribution in [3.8, 4) is 0 Å². The number of urea groups is 1. The van der Waals surface area contributed by atoms with E-state index in [9.17, 15) is 9.59 Å². The monoisotopic (exact) mass is 247 g/mol. The fourth-order valence-electron chi connectivity index (χ4n) is 1.89. The van der Waals surface area contributed by atoms with Crippen LogP contribution in [0.2, 0.25) is 0 Å². The number of imide groups is 1. The maximum atomic E-state index is 11.8. The average molecular weight is 247 g/mol. The molecule has 2 rings (SSSR count). The first-order valence-corrected chi connectivity index (χ1v) is 5.86. The van der Waals surface area contributed by atoms with E-state index in [1.165, 1.54) is 4.90 Å². The Balaban J connectivity index is 1.98. The first-order chi connectivity index (χ1) is 8.44. The zero-order valence-electron chi connectivity index (χ0n) is 10.6. The minimum absolute atomic E-state index is 0.140. The van der Waals surface area contributed by atoms with Crippen molar-refractivity contribution in [1.82, 2.24) is 4.90 Å². The summed E-state index contributed by atoms with van der Waals surface area (Å²) in [5.41, 5.74) is 6.73. The van der Waals surface area contributed by atoms with Gasteiger partial charge in [-0.3, -0.25) is 9.69 Å². The summed E-state index contributed by atoms with van der Waals surface area (Å²) in [6.07, 6.45) is 0. The number of hydrogen-bond donors (Lipinski definition) is 2. The molecular formula is C13H17N3O2. The van der Waals surface area contributed by atoms with Crippen LogP contribution in [-0.2, 0) is 11.3 Å². The average Bonchev–Trinajstić information content (AvgIpc) is 2.36. The fraction of sp³-hybridized carbons (Fsp3) is 0.385. The van der Waals surface area contributed by atoms with Crippen LogP contribution >= 0.6 is 0 Å². The van der Waals surface area contributed by atoms with E-state index >= 15 is 0 Å². The van der Waals surface area contributed by atoms with Gasteiger partial charge in [0.05, 0.1) is 5.41 Å². The Hall–Kier alpha value is -1.88. The molecule has 0 radical (unpaired) electrons. The zero-order valence-corrected chi connectivity index (χ0v) is 10.6. The molecule has 5 nitrogen and oxygen atoms in total. The number of likely N-dealkylation sites (tertiary alicyclic amines) is 1. The SMILES string of the molecule is CC1(C)CN(C(=O)Nc2ccc(CN)cc2)C1=O. The van der Waals surface area contributed by atoms with Gasteiger partial charge in [0.2, 0.25) is 5.91 Å². The van der Waals surface area contributed by atoms with Gasteiger partial charge in [0.1, 0.15) is 0 Å². The Morgan fingerprint density at radius 1 is 1.39 bits per heavy atom. The Bertz CT molecular complexity index is 480. The number of nitrogens with zero attached hydrogens (tertiary/aromatic N) is 1. The highest BCUT2D eigenvalue weighted by atomic mass is 16.2. The lowest BCUT2D eigenvalue weighted by molar-refractivity contribution is -0.150. The van der Waals surface area contributed by atoms with Crippen LogP contribution in [0.15, 0.2) is 24.3 Å². The summed E-state index contributed by atoms with van der Waals surface area (Å²) in [5, 5.41) is 2.69. The Morgan fingerprint density at radius 3 is 2.44 bits per heavy atom. The summed E-state index contributed by atoms with van der Waals surface area (Å²) in [6, 6.07) is 6.86. The first kappa shape index (κ1) is 12.6. The smallest absolute Gasteiger partial charge is 0.326 e. The van der Waals surface area contributed by atoms with Crippen LogP contribution in [-0.4, -0.2) is 23.4 Å². The summed E-state index contributed by atoms with van der Waals surface area (Å²) in [6.45, 7) is 4.58. The van der Waals surface area contributed by atoms with Crippen molar-refractivity contribution in [2.45, 2.75) is 20.4 Å². The highest BCUT2D eigenvalue weighted by Crippen LogP contribution is 2.31. The maximum absolute atomic E-state index is 11.8. The number of hydrogen-bond acceptors (Lipinski definition) is 3. The largest absolute Gasteiger partial charge is 0.328 e. The molecule has 96 valence electrons. The van der Waals surface area contributed by atoms with Crippen LogP contribution in [0.5, 0.6) is 0 Å². The molecule has 1 aromatic rings. The van der Waals surface area contributed by atoms with Gasteiger partial charge in [-0.05, 0) is 31.5 Å². The molecule has 1 heterocycles. The van der Waals surface area contributed by atoms with Crippen molar-refractivity contribution < 1.29 is 9.59 Å². The van der Waals surface area contributed by atoms with E-state index in [4.69, 9.17) is 5.73 Å². The van der Waals surface area contributed by atoms with Crippen LogP contribution in [0, 0.1) is 5.41 Å². The van der Waals surface area contributed by atoms with Gasteiger partial charge in [-0.15, -0.1) is 0 Å². The second kappa shape index (κ2) is 4.42. The molecule has 3 N–H and O–H groups in total. The first-order valence-electron chi connectivity index (χ1n) is 5.86. The number of nitrogens with two attached hydrogens (primary N) is 1. The van der Waals surface area contributed by atoms with E-state index in [1.54, 1.807) is 12.1 Å². The number of carbonyl (C=O) groups excluding carboxylic acids is 2. The Morgan fingerprint density at radius 2 is 2.00 bits per heavy atom.